The van der Waals surface area contributed by atoms with Gasteiger partial charge in [0, 0.05) is 0 Å². The molecule has 0 saturated carbocycles. The van der Waals surface area contributed by atoms with Crippen molar-refractivity contribution >= 4 is 22.8 Å². The summed E-state index contributed by atoms with van der Waals surface area (Å²) < 4.78 is 4.87. The molecular weight excluding hydrogens is 284 g/mol. The van der Waals surface area contributed by atoms with Crippen LogP contribution in [-0.4, -0.2) is 6.47 Å². The third kappa shape index (κ3) is 3.86. The van der Waals surface area contributed by atoms with Gasteiger partial charge in [0.05, 0.1) is 6.26 Å². The highest BCUT2D eigenvalue weighted by Crippen LogP contribution is 2.22. The van der Waals surface area contributed by atoms with Gasteiger partial charge in [0.2, 0.25) is 0 Å². The summed E-state index contributed by atoms with van der Waals surface area (Å²) in [5.74, 6) is 0. The molecule has 0 aliphatic carbocycles. The standard InChI is InChI=1S/C21H18O2/c22-16-23-15-21(18-6-2-1-3-7-18)13-11-17-10-12-19-8-4-5-9-20(19)14-17/h1-10,12,14-16H,11,13H2/b21-15+. The lowest BCUT2D eigenvalue weighted by Gasteiger charge is -2.08. The van der Waals surface area contributed by atoms with Crippen LogP contribution in [0.4, 0.5) is 0 Å². The Bertz CT molecular complexity index is 819. The number of carbonyl (C=O) groups excluding carboxylic acids is 1. The minimum Gasteiger partial charge on any atom is -0.436 e. The van der Waals surface area contributed by atoms with Gasteiger partial charge in [-0.25, -0.2) is 0 Å². The van der Waals surface area contributed by atoms with Crippen LogP contribution in [0.15, 0.2) is 79.1 Å². The Morgan fingerprint density at radius 1 is 0.870 bits per heavy atom. The van der Waals surface area contributed by atoms with Crippen LogP contribution in [0.1, 0.15) is 17.5 Å². The maximum atomic E-state index is 10.5. The lowest BCUT2D eigenvalue weighted by Crippen LogP contribution is -1.92. The molecule has 0 bridgehead atoms. The molecule has 0 spiro atoms. The van der Waals surface area contributed by atoms with Crippen LogP contribution < -0.4 is 0 Å². The molecular formula is C21H18O2. The minimum atomic E-state index is 0.457. The molecule has 2 nitrogen and oxygen atoms in total. The lowest BCUT2D eigenvalue weighted by atomic mass is 9.98. The van der Waals surface area contributed by atoms with E-state index in [9.17, 15) is 4.79 Å². The fourth-order valence-corrected chi connectivity index (χ4v) is 2.71. The maximum absolute atomic E-state index is 10.5. The first-order chi connectivity index (χ1) is 11.4. The number of aryl methyl sites for hydroxylation is 1. The zero-order chi connectivity index (χ0) is 15.9. The zero-order valence-corrected chi connectivity index (χ0v) is 12.8. The first-order valence-corrected chi connectivity index (χ1v) is 7.68. The van der Waals surface area contributed by atoms with Crippen LogP contribution in [-0.2, 0) is 16.0 Å². The Labute approximate surface area is 136 Å². The van der Waals surface area contributed by atoms with Gasteiger partial charge >= 0.3 is 0 Å². The summed E-state index contributed by atoms with van der Waals surface area (Å²) in [4.78, 5) is 10.5. The van der Waals surface area contributed by atoms with Gasteiger partial charge in [-0.1, -0.05) is 72.8 Å². The van der Waals surface area contributed by atoms with Gasteiger partial charge < -0.3 is 4.74 Å². The van der Waals surface area contributed by atoms with Gasteiger partial charge in [0.1, 0.15) is 0 Å². The Morgan fingerprint density at radius 3 is 2.39 bits per heavy atom. The number of fused-ring (bicyclic) bond motifs is 1. The van der Waals surface area contributed by atoms with E-state index >= 15 is 0 Å². The third-order valence-corrected chi connectivity index (χ3v) is 3.91. The first-order valence-electron chi connectivity index (χ1n) is 7.68. The van der Waals surface area contributed by atoms with Crippen molar-refractivity contribution in [2.45, 2.75) is 12.8 Å². The van der Waals surface area contributed by atoms with E-state index in [1.807, 2.05) is 30.3 Å². The van der Waals surface area contributed by atoms with Crippen molar-refractivity contribution in [1.29, 1.82) is 0 Å². The van der Waals surface area contributed by atoms with Gasteiger partial charge in [-0.05, 0) is 40.3 Å². The van der Waals surface area contributed by atoms with Crippen molar-refractivity contribution in [2.75, 3.05) is 0 Å². The molecule has 23 heavy (non-hydrogen) atoms. The average molecular weight is 302 g/mol. The summed E-state index contributed by atoms with van der Waals surface area (Å²) in [5.41, 5.74) is 3.37. The van der Waals surface area contributed by atoms with Crippen molar-refractivity contribution in [1.82, 2.24) is 0 Å². The molecule has 0 aromatic heterocycles. The van der Waals surface area contributed by atoms with Crippen LogP contribution in [0.5, 0.6) is 0 Å². The number of rotatable bonds is 6. The van der Waals surface area contributed by atoms with E-state index in [0.29, 0.717) is 6.47 Å². The van der Waals surface area contributed by atoms with E-state index in [-0.39, 0.29) is 0 Å². The van der Waals surface area contributed by atoms with Crippen LogP contribution >= 0.6 is 0 Å². The van der Waals surface area contributed by atoms with Gasteiger partial charge in [-0.3, -0.25) is 4.79 Å². The molecule has 3 aromatic rings. The van der Waals surface area contributed by atoms with Crippen LogP contribution in [0.2, 0.25) is 0 Å². The second-order valence-electron chi connectivity index (χ2n) is 5.42. The largest absolute Gasteiger partial charge is 0.436 e. The Kier molecular flexibility index (Phi) is 4.85. The summed E-state index contributed by atoms with van der Waals surface area (Å²) in [5, 5.41) is 2.50. The molecule has 0 saturated heterocycles. The van der Waals surface area contributed by atoms with Crippen LogP contribution in [0, 0.1) is 0 Å². The van der Waals surface area contributed by atoms with Crippen molar-refractivity contribution in [3.8, 4) is 0 Å². The van der Waals surface area contributed by atoms with Crippen LogP contribution in [0.3, 0.4) is 0 Å². The number of hydrogen-bond acceptors (Lipinski definition) is 2. The zero-order valence-electron chi connectivity index (χ0n) is 12.8. The molecule has 0 N–H and O–H groups in total. The smallest absolute Gasteiger partial charge is 0.297 e. The number of allylic oxidation sites excluding steroid dienone is 1. The normalized spacial score (nSPS) is 11.4. The number of benzene rings is 3. The van der Waals surface area contributed by atoms with E-state index in [1.54, 1.807) is 6.26 Å². The third-order valence-electron chi connectivity index (χ3n) is 3.91. The summed E-state index contributed by atoms with van der Waals surface area (Å²) in [6, 6.07) is 24.9. The lowest BCUT2D eigenvalue weighted by molar-refractivity contribution is -0.123. The molecule has 0 fully saturated rings. The van der Waals surface area contributed by atoms with E-state index in [1.165, 1.54) is 16.3 Å². The molecule has 0 aliphatic heterocycles. The number of hydrogen-bond donors (Lipinski definition) is 0. The second kappa shape index (κ2) is 7.41. The van der Waals surface area contributed by atoms with Crippen molar-refractivity contribution in [2.24, 2.45) is 0 Å². The molecule has 0 aliphatic rings. The summed E-state index contributed by atoms with van der Waals surface area (Å²) in [6.45, 7) is 0.457. The fourth-order valence-electron chi connectivity index (χ4n) is 2.71. The molecule has 2 heteroatoms. The highest BCUT2D eigenvalue weighted by molar-refractivity contribution is 5.83. The van der Waals surface area contributed by atoms with Crippen molar-refractivity contribution in [3.63, 3.8) is 0 Å². The second-order valence-corrected chi connectivity index (χ2v) is 5.42. The van der Waals surface area contributed by atoms with Crippen molar-refractivity contribution in [3.05, 3.63) is 90.2 Å². The van der Waals surface area contributed by atoms with Gasteiger partial charge in [0.15, 0.2) is 0 Å². The minimum absolute atomic E-state index is 0.457. The quantitative estimate of drug-likeness (QED) is 0.474. The predicted molar refractivity (Wildman–Crippen MR) is 93.8 cm³/mol. The molecule has 0 amide bonds. The average Bonchev–Trinajstić information content (AvgIpc) is 2.62. The molecule has 0 radical (unpaired) electrons. The van der Waals surface area contributed by atoms with E-state index in [4.69, 9.17) is 4.74 Å². The maximum Gasteiger partial charge on any atom is 0.297 e. The molecule has 0 heterocycles. The Hall–Kier alpha value is -2.87. The predicted octanol–water partition coefficient (Wildman–Crippen LogP) is 4.99. The number of carbonyl (C=O) groups is 1. The molecule has 3 aromatic carbocycles. The monoisotopic (exact) mass is 302 g/mol. The van der Waals surface area contributed by atoms with E-state index in [0.717, 1.165) is 24.0 Å². The first kappa shape index (κ1) is 15.0. The van der Waals surface area contributed by atoms with Gasteiger partial charge in [0.25, 0.3) is 6.47 Å². The number of ether oxygens (including phenoxy) is 1. The highest BCUT2D eigenvalue weighted by Gasteiger charge is 2.04. The fraction of sp³-hybridized carbons (Fsp3) is 0.0952. The summed E-state index contributed by atoms with van der Waals surface area (Å²) >= 11 is 0. The topological polar surface area (TPSA) is 26.3 Å². The summed E-state index contributed by atoms with van der Waals surface area (Å²) in [7, 11) is 0. The van der Waals surface area contributed by atoms with Gasteiger partial charge in [-0.2, -0.15) is 0 Å². The summed E-state index contributed by atoms with van der Waals surface area (Å²) in [6.07, 6.45) is 3.26. The molecule has 114 valence electrons. The molecule has 0 unspecified atom stereocenters. The van der Waals surface area contributed by atoms with E-state index in [2.05, 4.69) is 42.5 Å². The Morgan fingerprint density at radius 2 is 1.61 bits per heavy atom. The SMILES string of the molecule is O=CO/C=C(\CCc1ccc2ccccc2c1)c1ccccc1. The van der Waals surface area contributed by atoms with Crippen LogP contribution in [0.25, 0.3) is 16.3 Å². The highest BCUT2D eigenvalue weighted by atomic mass is 16.5. The Balaban J connectivity index is 1.78. The van der Waals surface area contributed by atoms with E-state index < -0.39 is 0 Å². The van der Waals surface area contributed by atoms with Gasteiger partial charge in [-0.15, -0.1) is 0 Å². The van der Waals surface area contributed by atoms with Crippen molar-refractivity contribution < 1.29 is 9.53 Å². The molecule has 0 atom stereocenters. The molecule has 3 rings (SSSR count).